The molecule has 0 radical (unpaired) electrons. The summed E-state index contributed by atoms with van der Waals surface area (Å²) in [5.41, 5.74) is 0.950. The Morgan fingerprint density at radius 3 is 2.56 bits per heavy atom. The smallest absolute Gasteiger partial charge is 0.0334 e. The Labute approximate surface area is 113 Å². The Morgan fingerprint density at radius 2 is 1.94 bits per heavy atom. The summed E-state index contributed by atoms with van der Waals surface area (Å²) in [6.07, 6.45) is 11.4. The summed E-state index contributed by atoms with van der Waals surface area (Å²) in [7, 11) is 0. The zero-order valence-corrected chi connectivity index (χ0v) is 12.3. The maximum absolute atomic E-state index is 3.95. The fourth-order valence-electron chi connectivity index (χ4n) is 4.28. The van der Waals surface area contributed by atoms with Crippen molar-refractivity contribution >= 4 is 0 Å². The average molecular weight is 250 g/mol. The van der Waals surface area contributed by atoms with Crippen molar-refractivity contribution in [2.45, 2.75) is 76.3 Å². The average Bonchev–Trinajstić information content (AvgIpc) is 3.13. The molecule has 0 aromatic rings. The maximum Gasteiger partial charge on any atom is 0.0334 e. The minimum atomic E-state index is 0.418. The third kappa shape index (κ3) is 2.22. The SMILES string of the molecule is CCCCN1CC(C)(C2CC2)NCC12CCCC2. The van der Waals surface area contributed by atoms with Crippen LogP contribution in [0.5, 0.6) is 0 Å². The van der Waals surface area contributed by atoms with Crippen molar-refractivity contribution in [3.8, 4) is 0 Å². The van der Waals surface area contributed by atoms with Crippen molar-refractivity contribution in [1.29, 1.82) is 0 Å². The fourth-order valence-corrected chi connectivity index (χ4v) is 4.28. The molecule has 18 heavy (non-hydrogen) atoms. The second-order valence-electron chi connectivity index (χ2n) is 7.25. The second kappa shape index (κ2) is 4.79. The van der Waals surface area contributed by atoms with Gasteiger partial charge in [0.1, 0.15) is 0 Å². The van der Waals surface area contributed by atoms with Gasteiger partial charge in [-0.1, -0.05) is 26.2 Å². The molecule has 104 valence electrons. The van der Waals surface area contributed by atoms with Crippen molar-refractivity contribution in [2.75, 3.05) is 19.6 Å². The fraction of sp³-hybridized carbons (Fsp3) is 1.00. The molecule has 2 aliphatic carbocycles. The minimum Gasteiger partial charge on any atom is -0.308 e. The minimum absolute atomic E-state index is 0.418. The number of nitrogens with one attached hydrogen (secondary N) is 1. The highest BCUT2D eigenvalue weighted by atomic mass is 15.3. The van der Waals surface area contributed by atoms with Crippen LogP contribution in [-0.4, -0.2) is 35.6 Å². The molecular weight excluding hydrogens is 220 g/mol. The maximum atomic E-state index is 3.95. The van der Waals surface area contributed by atoms with Crippen LogP contribution in [0.1, 0.15) is 65.2 Å². The summed E-state index contributed by atoms with van der Waals surface area (Å²) < 4.78 is 0. The van der Waals surface area contributed by atoms with Crippen LogP contribution in [0.2, 0.25) is 0 Å². The van der Waals surface area contributed by atoms with Crippen LogP contribution >= 0.6 is 0 Å². The number of rotatable bonds is 4. The van der Waals surface area contributed by atoms with Gasteiger partial charge in [0.25, 0.3) is 0 Å². The van der Waals surface area contributed by atoms with Crippen molar-refractivity contribution in [3.05, 3.63) is 0 Å². The van der Waals surface area contributed by atoms with Gasteiger partial charge in [-0.2, -0.15) is 0 Å². The van der Waals surface area contributed by atoms with Gasteiger partial charge in [-0.05, 0) is 51.5 Å². The van der Waals surface area contributed by atoms with Gasteiger partial charge in [0, 0.05) is 24.2 Å². The summed E-state index contributed by atoms with van der Waals surface area (Å²) in [5, 5.41) is 3.95. The third-order valence-electron chi connectivity index (χ3n) is 5.81. The quantitative estimate of drug-likeness (QED) is 0.824. The Bertz CT molecular complexity index is 291. The number of hydrogen-bond donors (Lipinski definition) is 1. The molecule has 0 bridgehead atoms. The Hall–Kier alpha value is -0.0800. The summed E-state index contributed by atoms with van der Waals surface area (Å²) in [5.74, 6) is 0.959. The standard InChI is InChI=1S/C16H30N2/c1-3-4-11-18-13-15(2,14-7-8-14)17-12-16(18)9-5-6-10-16/h14,17H,3-13H2,1-2H3. The molecule has 2 heteroatoms. The largest absolute Gasteiger partial charge is 0.308 e. The molecule has 0 aromatic carbocycles. The van der Waals surface area contributed by atoms with Crippen LogP contribution in [-0.2, 0) is 0 Å². The number of piperazine rings is 1. The lowest BCUT2D eigenvalue weighted by atomic mass is 9.83. The normalized spacial score (nSPS) is 36.3. The van der Waals surface area contributed by atoms with Gasteiger partial charge >= 0.3 is 0 Å². The van der Waals surface area contributed by atoms with E-state index in [1.54, 1.807) is 0 Å². The molecule has 1 aliphatic heterocycles. The highest BCUT2D eigenvalue weighted by Crippen LogP contribution is 2.45. The van der Waals surface area contributed by atoms with E-state index in [0.717, 1.165) is 5.92 Å². The van der Waals surface area contributed by atoms with Crippen LogP contribution in [0.3, 0.4) is 0 Å². The van der Waals surface area contributed by atoms with Gasteiger partial charge in [0.2, 0.25) is 0 Å². The molecule has 1 spiro atoms. The van der Waals surface area contributed by atoms with Crippen LogP contribution in [0.4, 0.5) is 0 Å². The first-order valence-electron chi connectivity index (χ1n) is 8.19. The number of unbranched alkanes of at least 4 members (excludes halogenated alkanes) is 1. The summed E-state index contributed by atoms with van der Waals surface area (Å²) >= 11 is 0. The Morgan fingerprint density at radius 1 is 1.22 bits per heavy atom. The van der Waals surface area contributed by atoms with E-state index >= 15 is 0 Å². The molecule has 3 fully saturated rings. The predicted octanol–water partition coefficient (Wildman–Crippen LogP) is 3.17. The number of nitrogens with zero attached hydrogens (tertiary/aromatic N) is 1. The van der Waals surface area contributed by atoms with E-state index in [4.69, 9.17) is 0 Å². The van der Waals surface area contributed by atoms with E-state index in [9.17, 15) is 0 Å². The van der Waals surface area contributed by atoms with E-state index in [1.807, 2.05) is 0 Å². The van der Waals surface area contributed by atoms with Crippen molar-refractivity contribution < 1.29 is 0 Å². The summed E-state index contributed by atoms with van der Waals surface area (Å²) in [4.78, 5) is 2.89. The van der Waals surface area contributed by atoms with E-state index in [2.05, 4.69) is 24.1 Å². The highest BCUT2D eigenvalue weighted by molar-refractivity contribution is 5.10. The van der Waals surface area contributed by atoms with E-state index in [0.29, 0.717) is 11.1 Å². The zero-order chi connectivity index (χ0) is 12.6. The second-order valence-corrected chi connectivity index (χ2v) is 7.25. The molecule has 1 unspecified atom stereocenters. The zero-order valence-electron chi connectivity index (χ0n) is 12.3. The van der Waals surface area contributed by atoms with Gasteiger partial charge in [0.05, 0.1) is 0 Å². The molecule has 1 heterocycles. The van der Waals surface area contributed by atoms with Gasteiger partial charge in [-0.3, -0.25) is 4.90 Å². The van der Waals surface area contributed by atoms with Crippen LogP contribution in [0.15, 0.2) is 0 Å². The van der Waals surface area contributed by atoms with Crippen molar-refractivity contribution in [3.63, 3.8) is 0 Å². The van der Waals surface area contributed by atoms with Crippen LogP contribution < -0.4 is 5.32 Å². The molecule has 3 rings (SSSR count). The van der Waals surface area contributed by atoms with Crippen molar-refractivity contribution in [2.24, 2.45) is 5.92 Å². The lowest BCUT2D eigenvalue weighted by molar-refractivity contribution is 0.00492. The molecule has 0 amide bonds. The third-order valence-corrected chi connectivity index (χ3v) is 5.81. The van der Waals surface area contributed by atoms with Gasteiger partial charge in [-0.15, -0.1) is 0 Å². The summed E-state index contributed by atoms with van der Waals surface area (Å²) in [6.45, 7) is 8.69. The first-order valence-corrected chi connectivity index (χ1v) is 8.19. The lowest BCUT2D eigenvalue weighted by Crippen LogP contribution is -2.69. The molecular formula is C16H30N2. The van der Waals surface area contributed by atoms with Gasteiger partial charge < -0.3 is 5.32 Å². The molecule has 1 atom stereocenters. The first-order chi connectivity index (χ1) is 8.69. The Kier molecular flexibility index (Phi) is 3.44. The predicted molar refractivity (Wildman–Crippen MR) is 76.8 cm³/mol. The monoisotopic (exact) mass is 250 g/mol. The van der Waals surface area contributed by atoms with Crippen LogP contribution in [0.25, 0.3) is 0 Å². The first kappa shape index (κ1) is 12.9. The topological polar surface area (TPSA) is 15.3 Å². The molecule has 1 N–H and O–H groups in total. The van der Waals surface area contributed by atoms with Crippen LogP contribution in [0, 0.1) is 5.92 Å². The van der Waals surface area contributed by atoms with Crippen molar-refractivity contribution in [1.82, 2.24) is 10.2 Å². The lowest BCUT2D eigenvalue weighted by Gasteiger charge is -2.53. The molecule has 3 aliphatic rings. The molecule has 2 nitrogen and oxygen atoms in total. The van der Waals surface area contributed by atoms with E-state index < -0.39 is 0 Å². The Balaban J connectivity index is 1.72. The molecule has 2 saturated carbocycles. The van der Waals surface area contributed by atoms with E-state index in [-0.39, 0.29) is 0 Å². The number of hydrogen-bond acceptors (Lipinski definition) is 2. The molecule has 0 aromatic heterocycles. The highest BCUT2D eigenvalue weighted by Gasteiger charge is 2.51. The van der Waals surface area contributed by atoms with Gasteiger partial charge in [0.15, 0.2) is 0 Å². The van der Waals surface area contributed by atoms with Gasteiger partial charge in [-0.25, -0.2) is 0 Å². The molecule has 1 saturated heterocycles. The van der Waals surface area contributed by atoms with E-state index in [1.165, 1.54) is 71.0 Å². The summed E-state index contributed by atoms with van der Waals surface area (Å²) in [6, 6.07) is 0.